The van der Waals surface area contributed by atoms with Gasteiger partial charge in [0, 0.05) is 11.4 Å². The second-order valence-corrected chi connectivity index (χ2v) is 6.62. The fraction of sp³-hybridized carbons (Fsp3) is 0.214. The lowest BCUT2D eigenvalue weighted by molar-refractivity contribution is -0.113. The standard InChI is InChI=1S/C14H12N6OS2/c1-8-5-9(2)20-13(16-8)18-14(19-20)23-7-11(21)17-12-10(6-15)3-4-22-12/h3-5H,7H2,1-2H3,(H,17,21). The van der Waals surface area contributed by atoms with E-state index in [4.69, 9.17) is 5.26 Å². The Kier molecular flexibility index (Phi) is 4.27. The van der Waals surface area contributed by atoms with Gasteiger partial charge in [-0.15, -0.1) is 16.4 Å². The topological polar surface area (TPSA) is 96.0 Å². The van der Waals surface area contributed by atoms with E-state index in [1.54, 1.807) is 16.0 Å². The van der Waals surface area contributed by atoms with Crippen LogP contribution in [0.3, 0.4) is 0 Å². The lowest BCUT2D eigenvalue weighted by Gasteiger charge is -2.01. The molecule has 0 spiro atoms. The Bertz CT molecular complexity index is 923. The highest BCUT2D eigenvalue weighted by atomic mass is 32.2. The molecule has 3 heterocycles. The van der Waals surface area contributed by atoms with Crippen LogP contribution in [0.1, 0.15) is 17.0 Å². The van der Waals surface area contributed by atoms with Gasteiger partial charge in [0.2, 0.25) is 11.1 Å². The van der Waals surface area contributed by atoms with Crippen molar-refractivity contribution in [2.45, 2.75) is 19.0 Å². The monoisotopic (exact) mass is 344 g/mol. The van der Waals surface area contributed by atoms with Crippen molar-refractivity contribution in [2.24, 2.45) is 0 Å². The van der Waals surface area contributed by atoms with Crippen molar-refractivity contribution in [1.82, 2.24) is 19.6 Å². The first-order valence-electron chi connectivity index (χ1n) is 6.68. The van der Waals surface area contributed by atoms with Gasteiger partial charge in [0.05, 0.1) is 11.3 Å². The summed E-state index contributed by atoms with van der Waals surface area (Å²) >= 11 is 2.55. The summed E-state index contributed by atoms with van der Waals surface area (Å²) in [5.74, 6) is 0.488. The molecular formula is C14H12N6OS2. The third kappa shape index (κ3) is 3.33. The largest absolute Gasteiger partial charge is 0.316 e. The highest BCUT2D eigenvalue weighted by molar-refractivity contribution is 7.99. The Labute approximate surface area is 140 Å². The molecule has 0 aliphatic carbocycles. The Morgan fingerprint density at radius 3 is 3.09 bits per heavy atom. The van der Waals surface area contributed by atoms with E-state index in [1.807, 2.05) is 26.0 Å². The number of nitriles is 1. The lowest BCUT2D eigenvalue weighted by Crippen LogP contribution is -2.13. The summed E-state index contributed by atoms with van der Waals surface area (Å²) in [6, 6.07) is 5.63. The average Bonchev–Trinajstić information content (AvgIpc) is 3.11. The number of hydrogen-bond donors (Lipinski definition) is 1. The molecule has 3 aromatic rings. The second kappa shape index (κ2) is 6.36. The van der Waals surface area contributed by atoms with Crippen molar-refractivity contribution < 1.29 is 4.79 Å². The van der Waals surface area contributed by atoms with Gasteiger partial charge in [0.25, 0.3) is 5.78 Å². The number of nitrogens with zero attached hydrogens (tertiary/aromatic N) is 5. The normalized spacial score (nSPS) is 10.7. The maximum absolute atomic E-state index is 12.0. The number of thioether (sulfide) groups is 1. The Balaban J connectivity index is 1.67. The summed E-state index contributed by atoms with van der Waals surface area (Å²) in [4.78, 5) is 20.6. The van der Waals surface area contributed by atoms with Crippen LogP contribution in [-0.2, 0) is 4.79 Å². The first-order valence-corrected chi connectivity index (χ1v) is 8.54. The van der Waals surface area contributed by atoms with Crippen molar-refractivity contribution in [3.63, 3.8) is 0 Å². The predicted octanol–water partition coefficient (Wildman–Crippen LogP) is 2.41. The van der Waals surface area contributed by atoms with E-state index in [1.165, 1.54) is 23.1 Å². The molecule has 0 aliphatic heterocycles. The van der Waals surface area contributed by atoms with Crippen LogP contribution in [0, 0.1) is 25.2 Å². The maximum atomic E-state index is 12.0. The number of amides is 1. The van der Waals surface area contributed by atoms with Crippen LogP contribution < -0.4 is 5.32 Å². The zero-order valence-electron chi connectivity index (χ0n) is 12.4. The molecule has 0 fully saturated rings. The Hall–Kier alpha value is -2.44. The van der Waals surface area contributed by atoms with E-state index in [-0.39, 0.29) is 11.7 Å². The summed E-state index contributed by atoms with van der Waals surface area (Å²) in [5.41, 5.74) is 2.28. The highest BCUT2D eigenvalue weighted by Crippen LogP contribution is 2.23. The quantitative estimate of drug-likeness (QED) is 0.730. The van der Waals surface area contributed by atoms with Crippen LogP contribution in [0.25, 0.3) is 5.78 Å². The number of aromatic nitrogens is 4. The van der Waals surface area contributed by atoms with Gasteiger partial charge in [0.15, 0.2) is 0 Å². The summed E-state index contributed by atoms with van der Waals surface area (Å²) < 4.78 is 1.65. The number of hydrogen-bond acceptors (Lipinski definition) is 7. The molecule has 3 aromatic heterocycles. The number of carbonyl (C=O) groups is 1. The number of fused-ring (bicyclic) bond motifs is 1. The molecule has 0 radical (unpaired) electrons. The molecule has 1 amide bonds. The minimum atomic E-state index is -0.200. The van der Waals surface area contributed by atoms with Crippen LogP contribution >= 0.6 is 23.1 Å². The van der Waals surface area contributed by atoms with E-state index in [2.05, 4.69) is 20.4 Å². The molecule has 0 aromatic carbocycles. The Morgan fingerprint density at radius 1 is 1.48 bits per heavy atom. The van der Waals surface area contributed by atoms with Crippen LogP contribution in [0.5, 0.6) is 0 Å². The smallest absolute Gasteiger partial charge is 0.253 e. The first kappa shape index (κ1) is 15.5. The molecule has 1 N–H and O–H groups in total. The first-order chi connectivity index (χ1) is 11.1. The summed E-state index contributed by atoms with van der Waals surface area (Å²) in [5, 5.41) is 18.8. The summed E-state index contributed by atoms with van der Waals surface area (Å²) in [7, 11) is 0. The molecule has 0 bridgehead atoms. The van der Waals surface area contributed by atoms with E-state index in [9.17, 15) is 4.79 Å². The molecule has 0 aliphatic rings. The molecule has 0 unspecified atom stereocenters. The highest BCUT2D eigenvalue weighted by Gasteiger charge is 2.12. The van der Waals surface area contributed by atoms with Gasteiger partial charge in [-0.05, 0) is 31.4 Å². The van der Waals surface area contributed by atoms with Crippen molar-refractivity contribution in [3.8, 4) is 6.07 Å². The molecule has 0 saturated carbocycles. The number of rotatable bonds is 4. The molecule has 0 atom stereocenters. The van der Waals surface area contributed by atoms with Crippen molar-refractivity contribution in [2.75, 3.05) is 11.1 Å². The predicted molar refractivity (Wildman–Crippen MR) is 88.6 cm³/mol. The van der Waals surface area contributed by atoms with Crippen LogP contribution in [0.2, 0.25) is 0 Å². The van der Waals surface area contributed by atoms with Crippen LogP contribution in [0.15, 0.2) is 22.7 Å². The third-order valence-electron chi connectivity index (χ3n) is 2.97. The van der Waals surface area contributed by atoms with Gasteiger partial charge in [-0.3, -0.25) is 4.79 Å². The van der Waals surface area contributed by atoms with Gasteiger partial charge in [-0.25, -0.2) is 9.50 Å². The van der Waals surface area contributed by atoms with E-state index in [0.29, 0.717) is 21.5 Å². The fourth-order valence-corrected chi connectivity index (χ4v) is 3.37. The summed E-state index contributed by atoms with van der Waals surface area (Å²) in [6.45, 7) is 3.83. The van der Waals surface area contributed by atoms with Crippen molar-refractivity contribution in [3.05, 3.63) is 34.5 Å². The summed E-state index contributed by atoms with van der Waals surface area (Å²) in [6.07, 6.45) is 0. The van der Waals surface area contributed by atoms with Gasteiger partial charge in [-0.2, -0.15) is 10.2 Å². The van der Waals surface area contributed by atoms with Crippen LogP contribution in [-0.4, -0.2) is 31.2 Å². The third-order valence-corrected chi connectivity index (χ3v) is 4.64. The molecular weight excluding hydrogens is 332 g/mol. The number of carbonyl (C=O) groups excluding carboxylic acids is 1. The van der Waals surface area contributed by atoms with E-state index < -0.39 is 0 Å². The minimum Gasteiger partial charge on any atom is -0.316 e. The maximum Gasteiger partial charge on any atom is 0.253 e. The van der Waals surface area contributed by atoms with Crippen molar-refractivity contribution >= 4 is 39.8 Å². The SMILES string of the molecule is Cc1cc(C)n2nc(SCC(=O)Nc3sccc3C#N)nc2n1. The van der Waals surface area contributed by atoms with E-state index >= 15 is 0 Å². The lowest BCUT2D eigenvalue weighted by atomic mass is 10.3. The second-order valence-electron chi connectivity index (χ2n) is 4.76. The molecule has 9 heteroatoms. The number of aryl methyl sites for hydroxylation is 2. The van der Waals surface area contributed by atoms with Gasteiger partial charge in [0.1, 0.15) is 11.1 Å². The van der Waals surface area contributed by atoms with Gasteiger partial charge >= 0.3 is 0 Å². The van der Waals surface area contributed by atoms with E-state index in [0.717, 1.165) is 11.4 Å². The average molecular weight is 344 g/mol. The molecule has 7 nitrogen and oxygen atoms in total. The molecule has 3 rings (SSSR count). The number of anilines is 1. The Morgan fingerprint density at radius 2 is 2.30 bits per heavy atom. The number of thiophene rings is 1. The van der Waals surface area contributed by atoms with Gasteiger partial charge < -0.3 is 5.32 Å². The molecule has 116 valence electrons. The van der Waals surface area contributed by atoms with Crippen molar-refractivity contribution in [1.29, 1.82) is 5.26 Å². The fourth-order valence-electron chi connectivity index (χ4n) is 2.00. The minimum absolute atomic E-state index is 0.164. The number of nitrogens with one attached hydrogen (secondary N) is 1. The van der Waals surface area contributed by atoms with Crippen LogP contribution in [0.4, 0.5) is 5.00 Å². The molecule has 23 heavy (non-hydrogen) atoms. The van der Waals surface area contributed by atoms with Gasteiger partial charge in [-0.1, -0.05) is 11.8 Å². The molecule has 0 saturated heterocycles. The zero-order chi connectivity index (χ0) is 16.4. The zero-order valence-corrected chi connectivity index (χ0v) is 14.0.